The molecule has 0 amide bonds. The number of hydrogen-bond donors (Lipinski definition) is 1. The van der Waals surface area contributed by atoms with Crippen molar-refractivity contribution in [2.45, 2.75) is 44.6 Å². The smallest absolute Gasteiger partial charge is 0.136 e. The van der Waals surface area contributed by atoms with Crippen LogP contribution in [0, 0.1) is 32.1 Å². The highest BCUT2D eigenvalue weighted by molar-refractivity contribution is 7.12. The van der Waals surface area contributed by atoms with E-state index in [0.717, 1.165) is 38.9 Å². The fourth-order valence-electron chi connectivity index (χ4n) is 4.16. The van der Waals surface area contributed by atoms with Crippen molar-refractivity contribution < 1.29 is 4.74 Å². The fourth-order valence-corrected chi connectivity index (χ4v) is 5.45. The van der Waals surface area contributed by atoms with Crippen LogP contribution < -0.4 is 10.5 Å². The first-order valence-corrected chi connectivity index (χ1v) is 11.7. The number of ether oxygens (including phenoxy) is 1. The summed E-state index contributed by atoms with van der Waals surface area (Å²) >= 11 is 8.16. The van der Waals surface area contributed by atoms with Gasteiger partial charge in [0.25, 0.3) is 0 Å². The Kier molecular flexibility index (Phi) is 7.57. The summed E-state index contributed by atoms with van der Waals surface area (Å²) in [5, 5.41) is 1.37. The third-order valence-electron chi connectivity index (χ3n) is 6.15. The summed E-state index contributed by atoms with van der Waals surface area (Å²) < 4.78 is 5.40. The molecule has 1 aromatic heterocycles. The van der Waals surface area contributed by atoms with E-state index in [4.69, 9.17) is 33.5 Å². The van der Waals surface area contributed by atoms with Crippen molar-refractivity contribution in [3.8, 4) is 29.4 Å². The summed E-state index contributed by atoms with van der Waals surface area (Å²) in [4.78, 5) is 6.03. The van der Waals surface area contributed by atoms with Crippen LogP contribution in [0.4, 0.5) is 0 Å². The average Bonchev–Trinajstić information content (AvgIpc) is 3.52. The molecule has 6 heteroatoms. The van der Waals surface area contributed by atoms with Crippen molar-refractivity contribution in [2.75, 3.05) is 7.11 Å². The number of nitrogens with zero attached hydrogens (tertiary/aromatic N) is 1. The third-order valence-corrected chi connectivity index (χ3v) is 7.58. The zero-order valence-electron chi connectivity index (χ0n) is 18.5. The molecule has 3 aromatic rings. The van der Waals surface area contributed by atoms with Gasteiger partial charge in [-0.15, -0.1) is 30.2 Å². The number of hydrogen-bond acceptors (Lipinski definition) is 4. The Morgan fingerprint density at radius 2 is 1.97 bits per heavy atom. The molecule has 168 valence electrons. The topological polar surface area (TPSA) is 48.1 Å². The molecule has 32 heavy (non-hydrogen) atoms. The quantitative estimate of drug-likeness (QED) is 0.370. The summed E-state index contributed by atoms with van der Waals surface area (Å²) in [5.74, 6) is 4.39. The van der Waals surface area contributed by atoms with Crippen molar-refractivity contribution >= 4 is 35.3 Å². The minimum atomic E-state index is -0.981. The van der Waals surface area contributed by atoms with Crippen LogP contribution in [0.1, 0.15) is 46.2 Å². The summed E-state index contributed by atoms with van der Waals surface area (Å²) in [6.07, 6.45) is 9.57. The molecule has 1 fully saturated rings. The van der Waals surface area contributed by atoms with Gasteiger partial charge in [0.1, 0.15) is 16.3 Å². The van der Waals surface area contributed by atoms with Crippen LogP contribution in [0.3, 0.4) is 0 Å². The molecule has 0 aliphatic heterocycles. The van der Waals surface area contributed by atoms with Crippen molar-refractivity contribution in [1.82, 2.24) is 4.98 Å². The van der Waals surface area contributed by atoms with Gasteiger partial charge in [-0.3, -0.25) is 0 Å². The largest absolute Gasteiger partial charge is 0.496 e. The molecule has 2 atom stereocenters. The Hall–Kier alpha value is -2.03. The molecule has 2 aromatic carbocycles. The Labute approximate surface area is 205 Å². The number of aryl methyl sites for hydroxylation is 2. The average molecular weight is 487 g/mol. The van der Waals surface area contributed by atoms with Gasteiger partial charge in [-0.05, 0) is 49.4 Å². The van der Waals surface area contributed by atoms with Crippen LogP contribution in [-0.2, 0) is 5.54 Å². The number of aromatic nitrogens is 1. The highest BCUT2D eigenvalue weighted by Gasteiger charge is 2.42. The Morgan fingerprint density at radius 1 is 1.28 bits per heavy atom. The van der Waals surface area contributed by atoms with Gasteiger partial charge in [0, 0.05) is 16.4 Å². The number of rotatable bonds is 7. The predicted octanol–water partition coefficient (Wildman–Crippen LogP) is 6.88. The molecule has 0 bridgehead atoms. The van der Waals surface area contributed by atoms with Crippen LogP contribution in [0.15, 0.2) is 42.5 Å². The second-order valence-corrected chi connectivity index (χ2v) is 9.99. The standard InChI is InChI=1S/C26H27ClN2OS.ClH/c1-5-26(28,21(14-18-11-12-18)19-9-7-6-8-10-19)25-29-24(17(3)31-25)20-13-16(2)23(30-4)15-22(20)27;/h1,6-10,13,15,18,21H,11-12,14,28H2,2-4H3;1H/t21-,26?;/m0./s1. The number of methoxy groups -OCH3 is 1. The minimum absolute atomic E-state index is 0. The zero-order chi connectivity index (χ0) is 22.2. The number of thiazole rings is 1. The van der Waals surface area contributed by atoms with Crippen LogP contribution in [-0.4, -0.2) is 12.1 Å². The maximum absolute atomic E-state index is 7.00. The van der Waals surface area contributed by atoms with Gasteiger partial charge in [-0.1, -0.05) is 60.7 Å². The molecule has 1 aliphatic carbocycles. The molecular weight excluding hydrogens is 459 g/mol. The SMILES string of the molecule is C#CC(N)(c1nc(-c2cc(C)c(OC)cc2Cl)c(C)s1)[C@@H](CC1CC1)c1ccccc1.Cl. The molecule has 0 spiro atoms. The van der Waals surface area contributed by atoms with E-state index in [1.165, 1.54) is 18.4 Å². The van der Waals surface area contributed by atoms with E-state index < -0.39 is 5.54 Å². The first-order valence-electron chi connectivity index (χ1n) is 10.5. The molecule has 0 saturated heterocycles. The lowest BCUT2D eigenvalue weighted by molar-refractivity contribution is 0.409. The first-order chi connectivity index (χ1) is 14.9. The number of terminal acetylenes is 1. The van der Waals surface area contributed by atoms with Gasteiger partial charge in [-0.2, -0.15) is 0 Å². The maximum Gasteiger partial charge on any atom is 0.136 e. The van der Waals surface area contributed by atoms with E-state index in [-0.39, 0.29) is 18.3 Å². The van der Waals surface area contributed by atoms with E-state index in [2.05, 4.69) is 18.1 Å². The second kappa shape index (κ2) is 9.85. The summed E-state index contributed by atoms with van der Waals surface area (Å²) in [5.41, 5.74) is 9.90. The summed E-state index contributed by atoms with van der Waals surface area (Å²) in [6.45, 7) is 4.04. The Morgan fingerprint density at radius 3 is 2.56 bits per heavy atom. The predicted molar refractivity (Wildman–Crippen MR) is 137 cm³/mol. The molecule has 4 rings (SSSR count). The molecule has 3 nitrogen and oxygen atoms in total. The monoisotopic (exact) mass is 486 g/mol. The van der Waals surface area contributed by atoms with Gasteiger partial charge < -0.3 is 10.5 Å². The summed E-state index contributed by atoms with van der Waals surface area (Å²) in [7, 11) is 1.64. The van der Waals surface area contributed by atoms with E-state index in [0.29, 0.717) is 10.9 Å². The molecule has 1 heterocycles. The number of benzene rings is 2. The molecule has 2 N–H and O–H groups in total. The van der Waals surface area contributed by atoms with Gasteiger partial charge >= 0.3 is 0 Å². The molecule has 1 unspecified atom stereocenters. The van der Waals surface area contributed by atoms with E-state index in [1.807, 2.05) is 44.2 Å². The lowest BCUT2D eigenvalue weighted by atomic mass is 9.77. The van der Waals surface area contributed by atoms with Gasteiger partial charge in [0.05, 0.1) is 17.8 Å². The van der Waals surface area contributed by atoms with Crippen molar-refractivity contribution in [3.63, 3.8) is 0 Å². The lowest BCUT2D eigenvalue weighted by Crippen LogP contribution is -2.41. The molecule has 0 radical (unpaired) electrons. The van der Waals surface area contributed by atoms with Crippen LogP contribution in [0.5, 0.6) is 5.75 Å². The third kappa shape index (κ3) is 4.67. The fraction of sp³-hybridized carbons (Fsp3) is 0.346. The summed E-state index contributed by atoms with van der Waals surface area (Å²) in [6, 6.07) is 14.2. The zero-order valence-corrected chi connectivity index (χ0v) is 20.9. The van der Waals surface area contributed by atoms with Crippen LogP contribution >= 0.6 is 35.3 Å². The number of nitrogens with two attached hydrogens (primary N) is 1. The highest BCUT2D eigenvalue weighted by Crippen LogP contribution is 2.47. The normalized spacial score (nSPS) is 15.9. The van der Waals surface area contributed by atoms with E-state index in [9.17, 15) is 0 Å². The highest BCUT2D eigenvalue weighted by atomic mass is 35.5. The van der Waals surface area contributed by atoms with E-state index in [1.54, 1.807) is 18.4 Å². The molecule has 1 aliphatic rings. The van der Waals surface area contributed by atoms with Crippen molar-refractivity contribution in [1.29, 1.82) is 0 Å². The first kappa shape index (κ1) is 24.6. The van der Waals surface area contributed by atoms with Crippen molar-refractivity contribution in [3.05, 3.63) is 68.5 Å². The van der Waals surface area contributed by atoms with Crippen molar-refractivity contribution in [2.24, 2.45) is 11.7 Å². The van der Waals surface area contributed by atoms with Gasteiger partial charge in [0.15, 0.2) is 0 Å². The van der Waals surface area contributed by atoms with Gasteiger partial charge in [-0.25, -0.2) is 4.98 Å². The molecular formula is C26H28Cl2N2OS. The maximum atomic E-state index is 7.00. The van der Waals surface area contributed by atoms with Crippen LogP contribution in [0.25, 0.3) is 11.3 Å². The number of halogens is 2. The lowest BCUT2D eigenvalue weighted by Gasteiger charge is -2.32. The Balaban J connectivity index is 0.00000289. The van der Waals surface area contributed by atoms with E-state index >= 15 is 0 Å². The minimum Gasteiger partial charge on any atom is -0.496 e. The Bertz CT molecular complexity index is 1130. The molecule has 1 saturated carbocycles. The second-order valence-electron chi connectivity index (χ2n) is 8.38. The van der Waals surface area contributed by atoms with Gasteiger partial charge in [0.2, 0.25) is 0 Å². The van der Waals surface area contributed by atoms with Crippen LogP contribution in [0.2, 0.25) is 5.02 Å².